The van der Waals surface area contributed by atoms with Crippen LogP contribution in [-0.2, 0) is 16.1 Å². The van der Waals surface area contributed by atoms with Crippen LogP contribution in [-0.4, -0.2) is 24.9 Å². The first kappa shape index (κ1) is 13.0. The summed E-state index contributed by atoms with van der Waals surface area (Å²) in [5, 5.41) is 0. The lowest BCUT2D eigenvalue weighted by molar-refractivity contribution is 0.0555. The molecular formula is C12H15NO4. The van der Waals surface area contributed by atoms with Crippen LogP contribution in [0.2, 0.25) is 0 Å². The van der Waals surface area contributed by atoms with Gasteiger partial charge in [-0.2, -0.15) is 0 Å². The quantitative estimate of drug-likeness (QED) is 0.581. The van der Waals surface area contributed by atoms with Crippen molar-refractivity contribution in [3.8, 4) is 5.75 Å². The van der Waals surface area contributed by atoms with E-state index in [0.29, 0.717) is 5.75 Å². The smallest absolute Gasteiger partial charge is 0.495 e. The zero-order valence-corrected chi connectivity index (χ0v) is 9.93. The minimum atomic E-state index is -0.730. The van der Waals surface area contributed by atoms with Crippen molar-refractivity contribution in [1.29, 1.82) is 0 Å². The van der Waals surface area contributed by atoms with Gasteiger partial charge in [0.05, 0.1) is 13.3 Å². The Balaban J connectivity index is 2.44. The molecule has 0 aromatic carbocycles. The van der Waals surface area contributed by atoms with E-state index in [2.05, 4.69) is 11.6 Å². The van der Waals surface area contributed by atoms with Gasteiger partial charge in [-0.15, -0.1) is 0 Å². The third-order valence-electron chi connectivity index (χ3n) is 1.87. The van der Waals surface area contributed by atoms with Crippen LogP contribution in [0.3, 0.4) is 0 Å². The highest BCUT2D eigenvalue weighted by Gasteiger charge is 2.07. The first-order chi connectivity index (χ1) is 8.13. The molecule has 0 saturated carbocycles. The summed E-state index contributed by atoms with van der Waals surface area (Å²) in [6, 6.07) is 1.71. The largest absolute Gasteiger partial charge is 0.508 e. The lowest BCUT2D eigenvalue weighted by Gasteiger charge is -2.08. The maximum Gasteiger partial charge on any atom is 0.508 e. The van der Waals surface area contributed by atoms with Gasteiger partial charge in [0.2, 0.25) is 0 Å². The molecule has 92 valence electrons. The van der Waals surface area contributed by atoms with Crippen molar-refractivity contribution in [2.45, 2.75) is 13.5 Å². The number of nitrogens with zero attached hydrogens (tertiary/aromatic N) is 1. The predicted octanol–water partition coefficient (Wildman–Crippen LogP) is 2.32. The predicted molar refractivity (Wildman–Crippen MR) is 61.7 cm³/mol. The molecule has 0 atom stereocenters. The van der Waals surface area contributed by atoms with Crippen LogP contribution in [0.1, 0.15) is 12.5 Å². The highest BCUT2D eigenvalue weighted by molar-refractivity contribution is 5.60. The molecule has 5 nitrogen and oxygen atoms in total. The third-order valence-corrected chi connectivity index (χ3v) is 1.87. The van der Waals surface area contributed by atoms with Crippen LogP contribution in [0.15, 0.2) is 30.6 Å². The highest BCUT2D eigenvalue weighted by atomic mass is 16.7. The summed E-state index contributed by atoms with van der Waals surface area (Å²) in [6.45, 7) is 5.62. The van der Waals surface area contributed by atoms with Crippen LogP contribution in [0, 0.1) is 0 Å². The summed E-state index contributed by atoms with van der Waals surface area (Å²) < 4.78 is 14.8. The summed E-state index contributed by atoms with van der Waals surface area (Å²) in [6.07, 6.45) is 2.42. The molecule has 0 unspecified atom stereocenters. The zero-order chi connectivity index (χ0) is 12.7. The summed E-state index contributed by atoms with van der Waals surface area (Å²) in [5.74, 6) is 0.570. The number of rotatable bonds is 5. The molecule has 5 heteroatoms. The van der Waals surface area contributed by atoms with Crippen molar-refractivity contribution >= 4 is 6.16 Å². The Bertz CT molecular complexity index is 403. The van der Waals surface area contributed by atoms with E-state index in [1.165, 1.54) is 7.11 Å². The number of pyridine rings is 1. The normalized spacial score (nSPS) is 9.53. The molecule has 0 saturated heterocycles. The number of aromatic nitrogens is 1. The Labute approximate surface area is 100 Å². The Morgan fingerprint density at radius 3 is 2.88 bits per heavy atom. The first-order valence-corrected chi connectivity index (χ1v) is 5.04. The fraction of sp³-hybridized carbons (Fsp3) is 0.333. The van der Waals surface area contributed by atoms with E-state index < -0.39 is 6.16 Å². The van der Waals surface area contributed by atoms with Gasteiger partial charge < -0.3 is 14.2 Å². The highest BCUT2D eigenvalue weighted by Crippen LogP contribution is 2.16. The van der Waals surface area contributed by atoms with Crippen molar-refractivity contribution in [3.05, 3.63) is 36.2 Å². The number of ether oxygens (including phenoxy) is 3. The molecule has 0 aliphatic rings. The SMILES string of the molecule is C=C(C)COC(=O)OCc1ccncc1OC. The molecular weight excluding hydrogens is 222 g/mol. The fourth-order valence-corrected chi connectivity index (χ4v) is 1.07. The van der Waals surface area contributed by atoms with Gasteiger partial charge in [-0.05, 0) is 18.6 Å². The number of carbonyl (C=O) groups excluding carboxylic acids is 1. The summed E-state index contributed by atoms with van der Waals surface area (Å²) >= 11 is 0. The average Bonchev–Trinajstić information content (AvgIpc) is 2.34. The lowest BCUT2D eigenvalue weighted by Crippen LogP contribution is -2.09. The Morgan fingerprint density at radius 2 is 2.24 bits per heavy atom. The monoisotopic (exact) mass is 237 g/mol. The number of hydrogen-bond donors (Lipinski definition) is 0. The fourth-order valence-electron chi connectivity index (χ4n) is 1.07. The molecule has 0 bridgehead atoms. The zero-order valence-electron chi connectivity index (χ0n) is 9.93. The summed E-state index contributed by atoms with van der Waals surface area (Å²) in [4.78, 5) is 15.1. The van der Waals surface area contributed by atoms with Gasteiger partial charge in [0, 0.05) is 11.8 Å². The van der Waals surface area contributed by atoms with E-state index in [1.54, 1.807) is 25.4 Å². The Morgan fingerprint density at radius 1 is 1.47 bits per heavy atom. The van der Waals surface area contributed by atoms with Gasteiger partial charge in [-0.3, -0.25) is 4.98 Å². The Hall–Kier alpha value is -2.04. The topological polar surface area (TPSA) is 57.7 Å². The van der Waals surface area contributed by atoms with E-state index in [1.807, 2.05) is 0 Å². The minimum absolute atomic E-state index is 0.0840. The second-order valence-corrected chi connectivity index (χ2v) is 3.47. The van der Waals surface area contributed by atoms with E-state index in [-0.39, 0.29) is 13.2 Å². The molecule has 0 aliphatic heterocycles. The molecule has 0 amide bonds. The van der Waals surface area contributed by atoms with E-state index in [0.717, 1.165) is 11.1 Å². The van der Waals surface area contributed by atoms with Crippen molar-refractivity contribution in [2.75, 3.05) is 13.7 Å². The van der Waals surface area contributed by atoms with Gasteiger partial charge in [0.25, 0.3) is 0 Å². The molecule has 1 aromatic heterocycles. The second-order valence-electron chi connectivity index (χ2n) is 3.47. The molecule has 1 rings (SSSR count). The number of hydrogen-bond acceptors (Lipinski definition) is 5. The maximum absolute atomic E-state index is 11.2. The molecule has 0 radical (unpaired) electrons. The van der Waals surface area contributed by atoms with Gasteiger partial charge in [0.1, 0.15) is 19.0 Å². The van der Waals surface area contributed by atoms with Crippen LogP contribution in [0.25, 0.3) is 0 Å². The standard InChI is InChI=1S/C12H15NO4/c1-9(2)7-16-12(14)17-8-10-4-5-13-6-11(10)15-3/h4-6H,1,7-8H2,2-3H3. The second kappa shape index (κ2) is 6.52. The molecule has 0 spiro atoms. The molecule has 1 heterocycles. The Kier molecular flexibility index (Phi) is 5.00. The molecule has 0 fully saturated rings. The lowest BCUT2D eigenvalue weighted by atomic mass is 10.2. The molecule has 17 heavy (non-hydrogen) atoms. The van der Waals surface area contributed by atoms with Crippen molar-refractivity contribution < 1.29 is 19.0 Å². The number of methoxy groups -OCH3 is 1. The first-order valence-electron chi connectivity index (χ1n) is 5.04. The van der Waals surface area contributed by atoms with Crippen molar-refractivity contribution in [1.82, 2.24) is 4.98 Å². The third kappa shape index (κ3) is 4.55. The van der Waals surface area contributed by atoms with E-state index in [9.17, 15) is 4.79 Å². The molecule has 1 aromatic rings. The number of carbonyl (C=O) groups is 1. The van der Waals surface area contributed by atoms with Crippen LogP contribution < -0.4 is 4.74 Å². The minimum Gasteiger partial charge on any atom is -0.495 e. The van der Waals surface area contributed by atoms with E-state index >= 15 is 0 Å². The summed E-state index contributed by atoms with van der Waals surface area (Å²) in [5.41, 5.74) is 1.48. The van der Waals surface area contributed by atoms with Gasteiger partial charge in [-0.1, -0.05) is 6.58 Å². The van der Waals surface area contributed by atoms with E-state index in [4.69, 9.17) is 14.2 Å². The van der Waals surface area contributed by atoms with Crippen molar-refractivity contribution in [3.63, 3.8) is 0 Å². The van der Waals surface area contributed by atoms with Crippen LogP contribution in [0.5, 0.6) is 5.75 Å². The van der Waals surface area contributed by atoms with Crippen molar-refractivity contribution in [2.24, 2.45) is 0 Å². The molecule has 0 N–H and O–H groups in total. The average molecular weight is 237 g/mol. The molecule has 0 aliphatic carbocycles. The van der Waals surface area contributed by atoms with Crippen LogP contribution in [0.4, 0.5) is 4.79 Å². The van der Waals surface area contributed by atoms with Gasteiger partial charge in [-0.25, -0.2) is 4.79 Å². The van der Waals surface area contributed by atoms with Gasteiger partial charge in [0.15, 0.2) is 0 Å². The summed E-state index contributed by atoms with van der Waals surface area (Å²) in [7, 11) is 1.53. The van der Waals surface area contributed by atoms with Crippen LogP contribution >= 0.6 is 0 Å². The van der Waals surface area contributed by atoms with Gasteiger partial charge >= 0.3 is 6.16 Å². The maximum atomic E-state index is 11.2.